The highest BCUT2D eigenvalue weighted by atomic mass is 32.1. The molecule has 22 heavy (non-hydrogen) atoms. The number of rotatable bonds is 4. The summed E-state index contributed by atoms with van der Waals surface area (Å²) in [6.45, 7) is 3.61. The lowest BCUT2D eigenvalue weighted by Crippen LogP contribution is -2.47. The van der Waals surface area contributed by atoms with Crippen LogP contribution < -0.4 is 0 Å². The summed E-state index contributed by atoms with van der Waals surface area (Å²) in [5, 5.41) is 2.95. The number of carbonyl (C=O) groups excluding carboxylic acids is 1. The van der Waals surface area contributed by atoms with E-state index in [-0.39, 0.29) is 5.91 Å². The predicted octanol–water partition coefficient (Wildman–Crippen LogP) is 1.91. The number of thiazole rings is 1. The quantitative estimate of drug-likeness (QED) is 0.864. The van der Waals surface area contributed by atoms with Crippen molar-refractivity contribution in [3.8, 4) is 10.7 Å². The second-order valence-corrected chi connectivity index (χ2v) is 6.40. The molecule has 5 nitrogen and oxygen atoms in total. The van der Waals surface area contributed by atoms with Crippen molar-refractivity contribution in [2.24, 2.45) is 0 Å². The second kappa shape index (κ2) is 6.98. The molecule has 0 aromatic carbocycles. The van der Waals surface area contributed by atoms with Crippen LogP contribution in [-0.4, -0.2) is 58.9 Å². The molecule has 3 heterocycles. The van der Waals surface area contributed by atoms with E-state index in [0.29, 0.717) is 12.8 Å². The summed E-state index contributed by atoms with van der Waals surface area (Å²) in [6.07, 6.45) is 3.01. The maximum absolute atomic E-state index is 12.2. The first kappa shape index (κ1) is 15.1. The maximum Gasteiger partial charge on any atom is 0.223 e. The van der Waals surface area contributed by atoms with Crippen LogP contribution in [0, 0.1) is 0 Å². The van der Waals surface area contributed by atoms with E-state index in [1.807, 2.05) is 28.5 Å². The van der Waals surface area contributed by atoms with Crippen molar-refractivity contribution in [3.05, 3.63) is 35.5 Å². The normalized spacial score (nSPS) is 16.0. The summed E-state index contributed by atoms with van der Waals surface area (Å²) in [5.74, 6) is 0.237. The van der Waals surface area contributed by atoms with Gasteiger partial charge in [0.05, 0.1) is 11.4 Å². The van der Waals surface area contributed by atoms with E-state index in [1.54, 1.807) is 17.5 Å². The fourth-order valence-electron chi connectivity index (χ4n) is 2.48. The van der Waals surface area contributed by atoms with Gasteiger partial charge in [-0.3, -0.25) is 9.78 Å². The Hall–Kier alpha value is -1.79. The van der Waals surface area contributed by atoms with Crippen LogP contribution in [-0.2, 0) is 11.2 Å². The average Bonchev–Trinajstić information content (AvgIpc) is 3.03. The summed E-state index contributed by atoms with van der Waals surface area (Å²) < 4.78 is 0. The van der Waals surface area contributed by atoms with Crippen molar-refractivity contribution >= 4 is 17.2 Å². The lowest BCUT2D eigenvalue weighted by Gasteiger charge is -2.32. The lowest BCUT2D eigenvalue weighted by atomic mass is 10.2. The van der Waals surface area contributed by atoms with Gasteiger partial charge in [-0.2, -0.15) is 0 Å². The van der Waals surface area contributed by atoms with Crippen molar-refractivity contribution in [3.63, 3.8) is 0 Å². The maximum atomic E-state index is 12.2. The van der Waals surface area contributed by atoms with Gasteiger partial charge in [-0.25, -0.2) is 4.98 Å². The van der Waals surface area contributed by atoms with E-state index < -0.39 is 0 Å². The van der Waals surface area contributed by atoms with Gasteiger partial charge in [0.25, 0.3) is 0 Å². The highest BCUT2D eigenvalue weighted by Crippen LogP contribution is 2.22. The molecule has 2 aromatic heterocycles. The highest BCUT2D eigenvalue weighted by Gasteiger charge is 2.19. The van der Waals surface area contributed by atoms with Gasteiger partial charge < -0.3 is 9.80 Å². The summed E-state index contributed by atoms with van der Waals surface area (Å²) in [5.41, 5.74) is 1.87. The number of amides is 1. The Morgan fingerprint density at radius 1 is 1.27 bits per heavy atom. The van der Waals surface area contributed by atoms with Crippen molar-refractivity contribution in [1.29, 1.82) is 0 Å². The average molecular weight is 316 g/mol. The van der Waals surface area contributed by atoms with Crippen LogP contribution in [0.15, 0.2) is 29.8 Å². The third-order valence-corrected chi connectivity index (χ3v) is 4.80. The Labute approximate surface area is 134 Å². The van der Waals surface area contributed by atoms with Crippen molar-refractivity contribution in [2.75, 3.05) is 33.2 Å². The molecule has 0 aliphatic carbocycles. The molecule has 6 heteroatoms. The third-order valence-electron chi connectivity index (χ3n) is 3.89. The number of hydrogen-bond acceptors (Lipinski definition) is 5. The molecule has 0 bridgehead atoms. The largest absolute Gasteiger partial charge is 0.340 e. The Bertz CT molecular complexity index is 620. The molecule has 1 fully saturated rings. The number of nitrogens with zero attached hydrogens (tertiary/aromatic N) is 4. The van der Waals surface area contributed by atoms with Crippen molar-refractivity contribution in [1.82, 2.24) is 19.8 Å². The summed E-state index contributed by atoms with van der Waals surface area (Å²) >= 11 is 1.59. The first-order chi connectivity index (χ1) is 10.7. The van der Waals surface area contributed by atoms with E-state index in [0.717, 1.165) is 42.6 Å². The zero-order chi connectivity index (χ0) is 15.4. The van der Waals surface area contributed by atoms with Crippen molar-refractivity contribution in [2.45, 2.75) is 12.8 Å². The molecule has 1 saturated heterocycles. The molecule has 1 aliphatic heterocycles. The molecule has 1 aliphatic rings. The summed E-state index contributed by atoms with van der Waals surface area (Å²) in [4.78, 5) is 25.3. The highest BCUT2D eigenvalue weighted by molar-refractivity contribution is 7.13. The van der Waals surface area contributed by atoms with Gasteiger partial charge in [0, 0.05) is 44.2 Å². The van der Waals surface area contributed by atoms with Crippen LogP contribution in [0.2, 0.25) is 0 Å². The molecule has 0 unspecified atom stereocenters. The van der Waals surface area contributed by atoms with Crippen molar-refractivity contribution < 1.29 is 4.79 Å². The van der Waals surface area contributed by atoms with Crippen LogP contribution in [0.25, 0.3) is 10.7 Å². The topological polar surface area (TPSA) is 49.3 Å². The molecule has 0 atom stereocenters. The van der Waals surface area contributed by atoms with Gasteiger partial charge in [-0.1, -0.05) is 6.07 Å². The molecule has 2 aromatic rings. The number of aryl methyl sites for hydroxylation is 1. The smallest absolute Gasteiger partial charge is 0.223 e. The van der Waals surface area contributed by atoms with Crippen LogP contribution >= 0.6 is 11.3 Å². The first-order valence-corrected chi connectivity index (χ1v) is 8.42. The summed E-state index contributed by atoms with van der Waals surface area (Å²) in [6, 6.07) is 5.81. The Morgan fingerprint density at radius 3 is 2.82 bits per heavy atom. The van der Waals surface area contributed by atoms with E-state index in [1.165, 1.54) is 0 Å². The third kappa shape index (κ3) is 3.69. The molecule has 3 rings (SSSR count). The molecule has 1 amide bonds. The molecule has 116 valence electrons. The first-order valence-electron chi connectivity index (χ1n) is 7.54. The number of aromatic nitrogens is 2. The molecular formula is C16H20N4OS. The van der Waals surface area contributed by atoms with Crippen LogP contribution in [0.3, 0.4) is 0 Å². The van der Waals surface area contributed by atoms with E-state index in [2.05, 4.69) is 21.9 Å². The van der Waals surface area contributed by atoms with Gasteiger partial charge in [-0.15, -0.1) is 11.3 Å². The fourth-order valence-corrected chi connectivity index (χ4v) is 3.31. The van der Waals surface area contributed by atoms with Gasteiger partial charge >= 0.3 is 0 Å². The van der Waals surface area contributed by atoms with E-state index in [4.69, 9.17) is 0 Å². The number of piperazine rings is 1. The SMILES string of the molecule is CN1CCN(C(=O)CCc2csc(-c3ccccn3)n2)CC1. The van der Waals surface area contributed by atoms with Crippen LogP contribution in [0.5, 0.6) is 0 Å². The summed E-state index contributed by atoms with van der Waals surface area (Å²) in [7, 11) is 2.09. The Balaban J connectivity index is 1.54. The van der Waals surface area contributed by atoms with Gasteiger partial charge in [0.2, 0.25) is 5.91 Å². The van der Waals surface area contributed by atoms with E-state index >= 15 is 0 Å². The lowest BCUT2D eigenvalue weighted by molar-refractivity contribution is -0.132. The minimum Gasteiger partial charge on any atom is -0.340 e. The van der Waals surface area contributed by atoms with Gasteiger partial charge in [-0.05, 0) is 25.6 Å². The second-order valence-electron chi connectivity index (χ2n) is 5.54. The zero-order valence-corrected chi connectivity index (χ0v) is 13.6. The minimum absolute atomic E-state index is 0.237. The van der Waals surface area contributed by atoms with Gasteiger partial charge in [0.15, 0.2) is 0 Å². The molecule has 0 saturated carbocycles. The molecule has 0 radical (unpaired) electrons. The number of carbonyl (C=O) groups is 1. The standard InChI is InChI=1S/C16H20N4OS/c1-19-8-10-20(11-9-19)15(21)6-5-13-12-22-16(18-13)14-4-2-3-7-17-14/h2-4,7,12H,5-6,8-11H2,1H3. The predicted molar refractivity (Wildman–Crippen MR) is 87.7 cm³/mol. The van der Waals surface area contributed by atoms with E-state index in [9.17, 15) is 4.79 Å². The number of hydrogen-bond donors (Lipinski definition) is 0. The molecule has 0 spiro atoms. The fraction of sp³-hybridized carbons (Fsp3) is 0.438. The van der Waals surface area contributed by atoms with Crippen LogP contribution in [0.4, 0.5) is 0 Å². The molecule has 0 N–H and O–H groups in total. The Kier molecular flexibility index (Phi) is 4.80. The van der Waals surface area contributed by atoms with Crippen LogP contribution in [0.1, 0.15) is 12.1 Å². The Morgan fingerprint density at radius 2 is 2.09 bits per heavy atom. The minimum atomic E-state index is 0.237. The van der Waals surface area contributed by atoms with Gasteiger partial charge in [0.1, 0.15) is 5.01 Å². The zero-order valence-electron chi connectivity index (χ0n) is 12.7. The number of likely N-dealkylation sites (N-methyl/N-ethyl adjacent to an activating group) is 1. The number of pyridine rings is 1. The molecular weight excluding hydrogens is 296 g/mol. The monoisotopic (exact) mass is 316 g/mol.